The lowest BCUT2D eigenvalue weighted by Gasteiger charge is -2.38. The Kier molecular flexibility index (Phi) is 2.98. The third kappa shape index (κ3) is 2.65. The molecular weight excluding hydrogens is 170 g/mol. The van der Waals surface area contributed by atoms with E-state index in [1.165, 1.54) is 0 Å². The lowest BCUT2D eigenvalue weighted by atomic mass is 9.69. The second kappa shape index (κ2) is 3.55. The zero-order chi connectivity index (χ0) is 10.1. The molecule has 13 heavy (non-hydrogen) atoms. The van der Waals surface area contributed by atoms with Gasteiger partial charge in [0.2, 0.25) is 5.92 Å². The number of alkyl halides is 2. The Bertz CT molecular complexity index is 163. The highest BCUT2D eigenvalue weighted by Crippen LogP contribution is 2.45. The minimum atomic E-state index is -2.37. The van der Waals surface area contributed by atoms with Crippen molar-refractivity contribution in [1.29, 1.82) is 0 Å². The zero-order valence-corrected chi connectivity index (χ0v) is 8.87. The van der Waals surface area contributed by atoms with Crippen LogP contribution in [0.4, 0.5) is 8.78 Å². The summed E-state index contributed by atoms with van der Waals surface area (Å²) in [5.74, 6) is -1.88. The molecular formula is C11H20F2. The highest BCUT2D eigenvalue weighted by atomic mass is 19.3. The summed E-state index contributed by atoms with van der Waals surface area (Å²) >= 11 is 0. The van der Waals surface area contributed by atoms with Crippen LogP contribution in [0.2, 0.25) is 0 Å². The van der Waals surface area contributed by atoms with Crippen molar-refractivity contribution in [2.75, 3.05) is 0 Å². The molecule has 0 spiro atoms. The summed E-state index contributed by atoms with van der Waals surface area (Å²) in [4.78, 5) is 0. The monoisotopic (exact) mass is 190 g/mol. The predicted molar refractivity (Wildman–Crippen MR) is 51.0 cm³/mol. The molecule has 2 heteroatoms. The molecule has 0 aromatic carbocycles. The van der Waals surface area contributed by atoms with Crippen molar-refractivity contribution in [3.8, 4) is 0 Å². The van der Waals surface area contributed by atoms with Gasteiger partial charge in [-0.3, -0.25) is 0 Å². The second-order valence-corrected chi connectivity index (χ2v) is 4.97. The maximum Gasteiger partial charge on any atom is 0.248 e. The van der Waals surface area contributed by atoms with E-state index in [2.05, 4.69) is 20.8 Å². The normalized spacial score (nSPS) is 24.7. The van der Waals surface area contributed by atoms with Gasteiger partial charge in [0.05, 0.1) is 0 Å². The molecule has 0 aromatic heterocycles. The minimum absolute atomic E-state index is 0.0983. The van der Waals surface area contributed by atoms with Crippen LogP contribution >= 0.6 is 0 Å². The van der Waals surface area contributed by atoms with Crippen LogP contribution in [0.1, 0.15) is 52.9 Å². The topological polar surface area (TPSA) is 0 Å². The van der Waals surface area contributed by atoms with Gasteiger partial charge in [-0.25, -0.2) is 8.78 Å². The van der Waals surface area contributed by atoms with Crippen molar-refractivity contribution >= 4 is 0 Å². The molecule has 0 radical (unpaired) electrons. The summed E-state index contributed by atoms with van der Waals surface area (Å²) in [6.07, 6.45) is 2.69. The first-order valence-corrected chi connectivity index (χ1v) is 5.25. The third-order valence-electron chi connectivity index (χ3n) is 3.73. The Morgan fingerprint density at radius 2 is 1.69 bits per heavy atom. The molecule has 1 rings (SSSR count). The van der Waals surface area contributed by atoms with Crippen molar-refractivity contribution in [2.45, 2.75) is 58.8 Å². The average molecular weight is 190 g/mol. The first-order chi connectivity index (χ1) is 5.87. The van der Waals surface area contributed by atoms with E-state index in [4.69, 9.17) is 0 Å². The fourth-order valence-corrected chi connectivity index (χ4v) is 2.11. The summed E-state index contributed by atoms with van der Waals surface area (Å²) in [7, 11) is 0. The van der Waals surface area contributed by atoms with Crippen LogP contribution in [-0.4, -0.2) is 5.92 Å². The van der Waals surface area contributed by atoms with E-state index in [1.807, 2.05) is 0 Å². The van der Waals surface area contributed by atoms with Crippen LogP contribution in [0.25, 0.3) is 0 Å². The molecule has 1 aliphatic rings. The van der Waals surface area contributed by atoms with Gasteiger partial charge in [0.1, 0.15) is 0 Å². The molecule has 78 valence electrons. The highest BCUT2D eigenvalue weighted by Gasteiger charge is 2.39. The fourth-order valence-electron chi connectivity index (χ4n) is 2.11. The van der Waals surface area contributed by atoms with E-state index in [0.717, 1.165) is 6.42 Å². The summed E-state index contributed by atoms with van der Waals surface area (Å²) in [5.41, 5.74) is 0.247. The maximum atomic E-state index is 12.9. The Balaban J connectivity index is 2.50. The Morgan fingerprint density at radius 1 is 1.23 bits per heavy atom. The summed E-state index contributed by atoms with van der Waals surface area (Å²) < 4.78 is 25.7. The first-order valence-electron chi connectivity index (χ1n) is 5.25. The number of hydrogen-bond acceptors (Lipinski definition) is 0. The SMILES string of the molecule is CCC(C)(C)C1CCC(F)(F)CC1. The average Bonchev–Trinajstić information content (AvgIpc) is 2.04. The molecule has 1 fully saturated rings. The lowest BCUT2D eigenvalue weighted by Crippen LogP contribution is -2.32. The molecule has 0 saturated heterocycles. The number of hydrogen-bond donors (Lipinski definition) is 0. The molecule has 0 unspecified atom stereocenters. The molecule has 1 aliphatic carbocycles. The van der Waals surface area contributed by atoms with Gasteiger partial charge < -0.3 is 0 Å². The zero-order valence-electron chi connectivity index (χ0n) is 8.87. The Morgan fingerprint density at radius 3 is 2.08 bits per heavy atom. The summed E-state index contributed by atoms with van der Waals surface area (Å²) in [6.45, 7) is 6.54. The van der Waals surface area contributed by atoms with Gasteiger partial charge in [0.25, 0.3) is 0 Å². The van der Waals surface area contributed by atoms with E-state index < -0.39 is 5.92 Å². The fraction of sp³-hybridized carbons (Fsp3) is 1.00. The van der Waals surface area contributed by atoms with E-state index in [9.17, 15) is 8.78 Å². The van der Waals surface area contributed by atoms with Crippen molar-refractivity contribution < 1.29 is 8.78 Å². The molecule has 0 aromatic rings. The van der Waals surface area contributed by atoms with Crippen molar-refractivity contribution in [3.05, 3.63) is 0 Å². The van der Waals surface area contributed by atoms with Crippen LogP contribution in [0, 0.1) is 11.3 Å². The Labute approximate surface area is 79.7 Å². The second-order valence-electron chi connectivity index (χ2n) is 4.97. The highest BCUT2D eigenvalue weighted by molar-refractivity contribution is 4.85. The lowest BCUT2D eigenvalue weighted by molar-refractivity contribution is -0.0606. The minimum Gasteiger partial charge on any atom is -0.207 e. The van der Waals surface area contributed by atoms with E-state index in [1.54, 1.807) is 0 Å². The molecule has 1 saturated carbocycles. The van der Waals surface area contributed by atoms with E-state index in [-0.39, 0.29) is 18.3 Å². The molecule has 0 heterocycles. The smallest absolute Gasteiger partial charge is 0.207 e. The standard InChI is InChI=1S/C11H20F2/c1-4-10(2,3)9-5-7-11(12,13)8-6-9/h9H,4-8H2,1-3H3. The third-order valence-corrected chi connectivity index (χ3v) is 3.73. The van der Waals surface area contributed by atoms with Crippen LogP contribution in [0.3, 0.4) is 0 Å². The van der Waals surface area contributed by atoms with Crippen molar-refractivity contribution in [2.24, 2.45) is 11.3 Å². The quantitative estimate of drug-likeness (QED) is 0.610. The molecule has 0 atom stereocenters. The molecule has 0 N–H and O–H groups in total. The molecule has 0 amide bonds. The van der Waals surface area contributed by atoms with Gasteiger partial charge in [-0.2, -0.15) is 0 Å². The van der Waals surface area contributed by atoms with Gasteiger partial charge in [0.15, 0.2) is 0 Å². The predicted octanol–water partition coefficient (Wildman–Crippen LogP) is 4.25. The number of rotatable bonds is 2. The largest absolute Gasteiger partial charge is 0.248 e. The molecule has 0 bridgehead atoms. The van der Waals surface area contributed by atoms with Crippen LogP contribution in [0.15, 0.2) is 0 Å². The van der Waals surface area contributed by atoms with Gasteiger partial charge in [0, 0.05) is 12.8 Å². The Hall–Kier alpha value is -0.140. The van der Waals surface area contributed by atoms with Gasteiger partial charge in [-0.15, -0.1) is 0 Å². The molecule has 0 nitrogen and oxygen atoms in total. The summed E-state index contributed by atoms with van der Waals surface area (Å²) in [6, 6.07) is 0. The van der Waals surface area contributed by atoms with Crippen LogP contribution in [-0.2, 0) is 0 Å². The first kappa shape index (κ1) is 10.9. The van der Waals surface area contributed by atoms with E-state index in [0.29, 0.717) is 18.8 Å². The van der Waals surface area contributed by atoms with Gasteiger partial charge >= 0.3 is 0 Å². The number of halogens is 2. The van der Waals surface area contributed by atoms with Crippen molar-refractivity contribution in [1.82, 2.24) is 0 Å². The summed E-state index contributed by atoms with van der Waals surface area (Å²) in [5, 5.41) is 0. The van der Waals surface area contributed by atoms with Crippen LogP contribution < -0.4 is 0 Å². The molecule has 0 aliphatic heterocycles. The van der Waals surface area contributed by atoms with Gasteiger partial charge in [-0.1, -0.05) is 27.2 Å². The van der Waals surface area contributed by atoms with Crippen molar-refractivity contribution in [3.63, 3.8) is 0 Å². The van der Waals surface area contributed by atoms with E-state index >= 15 is 0 Å². The maximum absolute atomic E-state index is 12.9. The van der Waals surface area contributed by atoms with Gasteiger partial charge in [-0.05, 0) is 24.2 Å². The van der Waals surface area contributed by atoms with Crippen LogP contribution in [0.5, 0.6) is 0 Å².